The molecule has 0 bridgehead atoms. The number of carbonyl (C=O) groups is 2. The van der Waals surface area contributed by atoms with Crippen molar-refractivity contribution in [2.45, 2.75) is 19.3 Å². The van der Waals surface area contributed by atoms with Crippen molar-refractivity contribution in [1.29, 1.82) is 0 Å². The van der Waals surface area contributed by atoms with Crippen molar-refractivity contribution >= 4 is 61.2 Å². The van der Waals surface area contributed by atoms with Gasteiger partial charge < -0.3 is 10.6 Å². The Hall–Kier alpha value is -1.89. The van der Waals surface area contributed by atoms with Crippen LogP contribution in [0.15, 0.2) is 24.3 Å². The maximum Gasteiger partial charge on any atom is 0.267 e. The molecule has 1 aliphatic rings. The number of halogens is 1. The highest BCUT2D eigenvalue weighted by Crippen LogP contribution is 2.40. The quantitative estimate of drug-likeness (QED) is 0.680. The van der Waals surface area contributed by atoms with Crippen molar-refractivity contribution in [3.05, 3.63) is 50.2 Å². The van der Waals surface area contributed by atoms with Crippen LogP contribution in [0.2, 0.25) is 5.02 Å². The minimum atomic E-state index is -0.267. The van der Waals surface area contributed by atoms with Gasteiger partial charge in [0.25, 0.3) is 11.8 Å². The zero-order valence-corrected chi connectivity index (χ0v) is 15.8. The third-order valence-electron chi connectivity index (χ3n) is 4.34. The van der Waals surface area contributed by atoms with Crippen LogP contribution >= 0.6 is 34.3 Å². The van der Waals surface area contributed by atoms with Crippen molar-refractivity contribution in [2.75, 3.05) is 12.4 Å². The molecule has 1 aromatic carbocycles. The number of carbonyl (C=O) groups excluding carboxylic acids is 2. The summed E-state index contributed by atoms with van der Waals surface area (Å²) >= 11 is 9.26. The molecule has 3 aromatic rings. The molecule has 0 radical (unpaired) electrons. The Morgan fingerprint density at radius 2 is 1.92 bits per heavy atom. The summed E-state index contributed by atoms with van der Waals surface area (Å²) in [6.45, 7) is 0. The summed E-state index contributed by atoms with van der Waals surface area (Å²) < 4.78 is 0.970. The van der Waals surface area contributed by atoms with E-state index < -0.39 is 0 Å². The number of rotatable bonds is 3. The molecule has 128 valence electrons. The van der Waals surface area contributed by atoms with Gasteiger partial charge in [0.05, 0.1) is 10.6 Å². The zero-order valence-electron chi connectivity index (χ0n) is 13.4. The lowest BCUT2D eigenvalue weighted by Crippen LogP contribution is -2.21. The van der Waals surface area contributed by atoms with Gasteiger partial charge in [-0.1, -0.05) is 29.8 Å². The fourth-order valence-electron chi connectivity index (χ4n) is 3.18. The number of anilines is 1. The highest BCUT2D eigenvalue weighted by atomic mass is 35.5. The first-order chi connectivity index (χ1) is 12.1. The second-order valence-corrected chi connectivity index (χ2v) is 8.37. The van der Waals surface area contributed by atoms with E-state index in [0.717, 1.165) is 34.9 Å². The molecular formula is C18H15ClN2O2S2. The van der Waals surface area contributed by atoms with Gasteiger partial charge in [0, 0.05) is 22.0 Å². The van der Waals surface area contributed by atoms with E-state index in [9.17, 15) is 9.59 Å². The Bertz CT molecular complexity index is 1010. The number of hydrogen-bond donors (Lipinski definition) is 2. The van der Waals surface area contributed by atoms with E-state index in [1.165, 1.54) is 27.6 Å². The number of benzene rings is 1. The van der Waals surface area contributed by atoms with Crippen LogP contribution in [0.1, 0.15) is 36.9 Å². The molecule has 0 unspecified atom stereocenters. The Labute approximate surface area is 157 Å². The molecule has 0 saturated carbocycles. The van der Waals surface area contributed by atoms with Crippen molar-refractivity contribution in [1.82, 2.24) is 5.32 Å². The van der Waals surface area contributed by atoms with Crippen molar-refractivity contribution in [3.8, 4) is 0 Å². The van der Waals surface area contributed by atoms with Gasteiger partial charge in [-0.25, -0.2) is 0 Å². The van der Waals surface area contributed by atoms with E-state index in [1.807, 2.05) is 24.3 Å². The van der Waals surface area contributed by atoms with Crippen LogP contribution in [0, 0.1) is 0 Å². The molecule has 0 atom stereocenters. The van der Waals surface area contributed by atoms with Crippen LogP contribution in [0.3, 0.4) is 0 Å². The number of hydrogen-bond acceptors (Lipinski definition) is 4. The number of thiophene rings is 2. The molecule has 7 heteroatoms. The SMILES string of the molecule is CNC(=O)c1c(NC(=O)c2sc3ccccc3c2Cl)sc2c1CCC2. The molecular weight excluding hydrogens is 376 g/mol. The maximum atomic E-state index is 12.8. The molecule has 2 amide bonds. The number of fused-ring (bicyclic) bond motifs is 2. The molecule has 0 saturated heterocycles. The molecule has 2 aromatic heterocycles. The van der Waals surface area contributed by atoms with Crippen molar-refractivity contribution < 1.29 is 9.59 Å². The zero-order chi connectivity index (χ0) is 17.6. The lowest BCUT2D eigenvalue weighted by Gasteiger charge is -2.07. The maximum absolute atomic E-state index is 12.8. The van der Waals surface area contributed by atoms with Crippen molar-refractivity contribution in [3.63, 3.8) is 0 Å². The Morgan fingerprint density at radius 1 is 1.12 bits per heavy atom. The second-order valence-electron chi connectivity index (χ2n) is 5.84. The largest absolute Gasteiger partial charge is 0.355 e. The standard InChI is InChI=1S/C18H15ClN2O2S2/c1-20-16(22)13-9-6-4-8-11(9)25-18(13)21-17(23)15-14(19)10-5-2-3-7-12(10)24-15/h2-3,5,7H,4,6,8H2,1H3,(H,20,22)(H,21,23). The van der Waals surface area contributed by atoms with E-state index in [-0.39, 0.29) is 11.8 Å². The first kappa shape index (κ1) is 16.6. The summed E-state index contributed by atoms with van der Waals surface area (Å²) in [5.41, 5.74) is 1.67. The lowest BCUT2D eigenvalue weighted by molar-refractivity contribution is 0.0963. The minimum absolute atomic E-state index is 0.155. The van der Waals surface area contributed by atoms with Gasteiger partial charge >= 0.3 is 0 Å². The predicted molar refractivity (Wildman–Crippen MR) is 105 cm³/mol. The monoisotopic (exact) mass is 390 g/mol. The van der Waals surface area contributed by atoms with Gasteiger partial charge in [-0.3, -0.25) is 9.59 Å². The topological polar surface area (TPSA) is 58.2 Å². The molecule has 4 nitrogen and oxygen atoms in total. The molecule has 4 rings (SSSR count). The van der Waals surface area contributed by atoms with Gasteiger partial charge in [0.2, 0.25) is 0 Å². The molecule has 0 spiro atoms. The van der Waals surface area contributed by atoms with Crippen LogP contribution in [-0.4, -0.2) is 18.9 Å². The van der Waals surface area contributed by atoms with Crippen LogP contribution in [-0.2, 0) is 12.8 Å². The third-order valence-corrected chi connectivity index (χ3v) is 7.23. The predicted octanol–water partition coefficient (Wildman–Crippen LogP) is 4.72. The highest BCUT2D eigenvalue weighted by molar-refractivity contribution is 7.22. The summed E-state index contributed by atoms with van der Waals surface area (Å²) in [6, 6.07) is 7.67. The van der Waals surface area contributed by atoms with Gasteiger partial charge in [0.15, 0.2) is 0 Å². The molecule has 2 N–H and O–H groups in total. The summed E-state index contributed by atoms with van der Waals surface area (Å²) in [7, 11) is 1.61. The van der Waals surface area contributed by atoms with E-state index in [2.05, 4.69) is 10.6 Å². The first-order valence-electron chi connectivity index (χ1n) is 7.95. The Balaban J connectivity index is 1.71. The average molecular weight is 391 g/mol. The van der Waals surface area contributed by atoms with E-state index >= 15 is 0 Å². The second kappa shape index (κ2) is 6.44. The molecule has 25 heavy (non-hydrogen) atoms. The minimum Gasteiger partial charge on any atom is -0.355 e. The molecule has 2 heterocycles. The van der Waals surface area contributed by atoms with Crippen LogP contribution < -0.4 is 10.6 Å². The smallest absolute Gasteiger partial charge is 0.267 e. The van der Waals surface area contributed by atoms with E-state index in [0.29, 0.717) is 20.5 Å². The summed E-state index contributed by atoms with van der Waals surface area (Å²) in [6.07, 6.45) is 2.90. The third kappa shape index (κ3) is 2.74. The first-order valence-corrected chi connectivity index (χ1v) is 9.96. The van der Waals surface area contributed by atoms with Crippen LogP contribution in [0.4, 0.5) is 5.00 Å². The number of nitrogens with one attached hydrogen (secondary N) is 2. The number of aryl methyl sites for hydroxylation is 1. The van der Waals surface area contributed by atoms with E-state index in [1.54, 1.807) is 7.05 Å². The number of amides is 2. The van der Waals surface area contributed by atoms with Gasteiger partial charge in [0.1, 0.15) is 9.88 Å². The fraction of sp³-hybridized carbons (Fsp3) is 0.222. The van der Waals surface area contributed by atoms with Gasteiger partial charge in [-0.2, -0.15) is 0 Å². The molecule has 1 aliphatic carbocycles. The Kier molecular flexibility index (Phi) is 4.27. The average Bonchev–Trinajstić information content (AvgIpc) is 3.28. The summed E-state index contributed by atoms with van der Waals surface area (Å²) in [5, 5.41) is 7.54. The Morgan fingerprint density at radius 3 is 2.68 bits per heavy atom. The highest BCUT2D eigenvalue weighted by Gasteiger charge is 2.28. The summed E-state index contributed by atoms with van der Waals surface area (Å²) in [4.78, 5) is 26.7. The van der Waals surface area contributed by atoms with Crippen LogP contribution in [0.25, 0.3) is 10.1 Å². The fourth-order valence-corrected chi connectivity index (χ4v) is 5.87. The molecule has 0 aliphatic heterocycles. The van der Waals surface area contributed by atoms with Gasteiger partial charge in [-0.15, -0.1) is 22.7 Å². The normalized spacial score (nSPS) is 13.0. The van der Waals surface area contributed by atoms with Gasteiger partial charge in [-0.05, 0) is 30.9 Å². The lowest BCUT2D eigenvalue weighted by atomic mass is 10.1. The molecule has 0 fully saturated rings. The van der Waals surface area contributed by atoms with Crippen molar-refractivity contribution in [2.24, 2.45) is 0 Å². The van der Waals surface area contributed by atoms with E-state index in [4.69, 9.17) is 11.6 Å². The van der Waals surface area contributed by atoms with Crippen LogP contribution in [0.5, 0.6) is 0 Å². The summed E-state index contributed by atoms with van der Waals surface area (Å²) in [5.74, 6) is -0.423.